The summed E-state index contributed by atoms with van der Waals surface area (Å²) in [6.45, 7) is 15.0. The highest BCUT2D eigenvalue weighted by molar-refractivity contribution is 5.79. The lowest BCUT2D eigenvalue weighted by Crippen LogP contribution is -2.27. The molecule has 2 heterocycles. The summed E-state index contributed by atoms with van der Waals surface area (Å²) in [6, 6.07) is 1.28. The molecule has 0 N–H and O–H groups in total. The van der Waals surface area contributed by atoms with Crippen molar-refractivity contribution in [2.45, 2.75) is 79.3 Å². The van der Waals surface area contributed by atoms with Crippen molar-refractivity contribution in [2.75, 3.05) is 13.1 Å². The first-order valence-electron chi connectivity index (χ1n) is 7.97. The van der Waals surface area contributed by atoms with Gasteiger partial charge >= 0.3 is 0 Å². The number of hydrazone groups is 2. The van der Waals surface area contributed by atoms with Crippen molar-refractivity contribution in [3.8, 4) is 0 Å². The van der Waals surface area contributed by atoms with Crippen LogP contribution in [0.15, 0.2) is 10.2 Å². The fourth-order valence-corrected chi connectivity index (χ4v) is 2.69. The van der Waals surface area contributed by atoms with Crippen LogP contribution in [-0.2, 0) is 0 Å². The standard InChI is InChI=1S/C9H18N2.C7H14N2/c1-7(2)10-11-8(3)5-6-9(11)4;1-7(2)8-9-5-3-4-6-9/h8-9H,5-6H2,1-4H3;3-6H2,1-2H3. The molecule has 0 saturated carbocycles. The van der Waals surface area contributed by atoms with E-state index in [0.29, 0.717) is 12.1 Å². The van der Waals surface area contributed by atoms with E-state index in [1.54, 1.807) is 0 Å². The van der Waals surface area contributed by atoms with Gasteiger partial charge in [0.05, 0.1) is 0 Å². The summed E-state index contributed by atoms with van der Waals surface area (Å²) in [6.07, 6.45) is 5.21. The first-order chi connectivity index (χ1) is 9.40. The number of nitrogens with zero attached hydrogens (tertiary/aromatic N) is 4. The largest absolute Gasteiger partial charge is 0.297 e. The summed E-state index contributed by atoms with van der Waals surface area (Å²) in [5.74, 6) is 0. The topological polar surface area (TPSA) is 31.2 Å². The maximum absolute atomic E-state index is 4.49. The lowest BCUT2D eigenvalue weighted by atomic mass is 10.2. The fourth-order valence-electron chi connectivity index (χ4n) is 2.69. The van der Waals surface area contributed by atoms with Crippen LogP contribution in [0.4, 0.5) is 0 Å². The molecule has 2 unspecified atom stereocenters. The van der Waals surface area contributed by atoms with Crippen molar-refractivity contribution < 1.29 is 0 Å². The molecule has 0 radical (unpaired) electrons. The van der Waals surface area contributed by atoms with E-state index in [-0.39, 0.29) is 0 Å². The zero-order valence-corrected chi connectivity index (χ0v) is 14.2. The van der Waals surface area contributed by atoms with E-state index in [1.165, 1.54) is 25.7 Å². The van der Waals surface area contributed by atoms with Crippen molar-refractivity contribution in [3.05, 3.63) is 0 Å². The molecular formula is C16H32N4. The normalized spacial score (nSPS) is 25.1. The van der Waals surface area contributed by atoms with Gasteiger partial charge in [-0.1, -0.05) is 0 Å². The zero-order chi connectivity index (χ0) is 15.1. The molecule has 2 aliphatic rings. The summed E-state index contributed by atoms with van der Waals surface area (Å²) < 4.78 is 0. The third-order valence-corrected chi connectivity index (χ3v) is 3.64. The minimum absolute atomic E-state index is 0.639. The van der Waals surface area contributed by atoms with Gasteiger partial charge in [0.15, 0.2) is 0 Å². The van der Waals surface area contributed by atoms with Crippen LogP contribution < -0.4 is 0 Å². The average Bonchev–Trinajstić information content (AvgIpc) is 2.94. The van der Waals surface area contributed by atoms with Gasteiger partial charge in [-0.3, -0.25) is 10.0 Å². The smallest absolute Gasteiger partial charge is 0.0446 e. The van der Waals surface area contributed by atoms with Gasteiger partial charge in [-0.25, -0.2) is 0 Å². The van der Waals surface area contributed by atoms with Crippen LogP contribution >= 0.6 is 0 Å². The van der Waals surface area contributed by atoms with E-state index in [9.17, 15) is 0 Å². The van der Waals surface area contributed by atoms with Gasteiger partial charge in [-0.2, -0.15) is 10.2 Å². The molecule has 116 valence electrons. The van der Waals surface area contributed by atoms with Crippen LogP contribution in [0.5, 0.6) is 0 Å². The van der Waals surface area contributed by atoms with E-state index < -0.39 is 0 Å². The molecule has 2 atom stereocenters. The fraction of sp³-hybridized carbons (Fsp3) is 0.875. The van der Waals surface area contributed by atoms with E-state index in [4.69, 9.17) is 0 Å². The molecule has 0 spiro atoms. The van der Waals surface area contributed by atoms with Crippen LogP contribution in [0.2, 0.25) is 0 Å². The SMILES string of the molecule is CC(C)=NN1C(C)CCC1C.CC(C)=NN1CCCC1. The Labute approximate surface area is 124 Å². The van der Waals surface area contributed by atoms with E-state index in [1.807, 2.05) is 13.8 Å². The molecule has 4 nitrogen and oxygen atoms in total. The second-order valence-corrected chi connectivity index (χ2v) is 6.41. The number of hydrogen-bond acceptors (Lipinski definition) is 4. The lowest BCUT2D eigenvalue weighted by molar-refractivity contribution is 0.225. The molecule has 2 rings (SSSR count). The molecule has 2 aliphatic heterocycles. The molecule has 20 heavy (non-hydrogen) atoms. The Morgan fingerprint density at radius 2 is 1.25 bits per heavy atom. The predicted molar refractivity (Wildman–Crippen MR) is 88.4 cm³/mol. The molecule has 4 heteroatoms. The van der Waals surface area contributed by atoms with Crippen molar-refractivity contribution >= 4 is 11.4 Å². The van der Waals surface area contributed by atoms with Crippen molar-refractivity contribution in [1.29, 1.82) is 0 Å². The van der Waals surface area contributed by atoms with E-state index in [2.05, 4.69) is 47.9 Å². The van der Waals surface area contributed by atoms with Crippen LogP contribution in [0, 0.1) is 0 Å². The summed E-state index contributed by atoms with van der Waals surface area (Å²) in [5, 5.41) is 13.2. The number of rotatable bonds is 2. The van der Waals surface area contributed by atoms with Crippen LogP contribution in [0.1, 0.15) is 67.2 Å². The first kappa shape index (κ1) is 17.0. The van der Waals surface area contributed by atoms with Gasteiger partial charge < -0.3 is 0 Å². The van der Waals surface area contributed by atoms with Crippen LogP contribution in [0.25, 0.3) is 0 Å². The maximum Gasteiger partial charge on any atom is 0.0446 e. The second-order valence-electron chi connectivity index (χ2n) is 6.41. The van der Waals surface area contributed by atoms with Gasteiger partial charge in [0.2, 0.25) is 0 Å². The van der Waals surface area contributed by atoms with Gasteiger partial charge in [0, 0.05) is 36.6 Å². The van der Waals surface area contributed by atoms with E-state index >= 15 is 0 Å². The Kier molecular flexibility index (Phi) is 7.03. The summed E-state index contributed by atoms with van der Waals surface area (Å²) in [7, 11) is 0. The monoisotopic (exact) mass is 280 g/mol. The van der Waals surface area contributed by atoms with Crippen molar-refractivity contribution in [1.82, 2.24) is 10.0 Å². The van der Waals surface area contributed by atoms with Gasteiger partial charge in [-0.05, 0) is 67.2 Å². The van der Waals surface area contributed by atoms with Crippen LogP contribution in [-0.4, -0.2) is 46.6 Å². The first-order valence-corrected chi connectivity index (χ1v) is 7.97. The summed E-state index contributed by atoms with van der Waals surface area (Å²) in [5.41, 5.74) is 2.32. The lowest BCUT2D eigenvalue weighted by Gasteiger charge is -2.22. The average molecular weight is 280 g/mol. The Bertz CT molecular complexity index is 324. The molecule has 0 aliphatic carbocycles. The molecule has 0 amide bonds. The highest BCUT2D eigenvalue weighted by Crippen LogP contribution is 2.23. The van der Waals surface area contributed by atoms with Crippen LogP contribution in [0.3, 0.4) is 0 Å². The van der Waals surface area contributed by atoms with Crippen molar-refractivity contribution in [2.24, 2.45) is 10.2 Å². The van der Waals surface area contributed by atoms with E-state index in [0.717, 1.165) is 24.5 Å². The van der Waals surface area contributed by atoms with Gasteiger partial charge in [0.1, 0.15) is 0 Å². The second kappa shape index (κ2) is 8.28. The molecule has 0 aromatic heterocycles. The minimum atomic E-state index is 0.639. The summed E-state index contributed by atoms with van der Waals surface area (Å²) >= 11 is 0. The molecular weight excluding hydrogens is 248 g/mol. The zero-order valence-electron chi connectivity index (χ0n) is 14.2. The molecule has 2 fully saturated rings. The molecule has 0 bridgehead atoms. The quantitative estimate of drug-likeness (QED) is 0.722. The maximum atomic E-state index is 4.49. The third kappa shape index (κ3) is 5.93. The Morgan fingerprint density at radius 1 is 0.800 bits per heavy atom. The predicted octanol–water partition coefficient (Wildman–Crippen LogP) is 3.73. The summed E-state index contributed by atoms with van der Waals surface area (Å²) in [4.78, 5) is 0. The molecule has 2 saturated heterocycles. The number of hydrogen-bond donors (Lipinski definition) is 0. The molecule has 0 aromatic rings. The molecule has 0 aromatic carbocycles. The van der Waals surface area contributed by atoms with Gasteiger partial charge in [-0.15, -0.1) is 0 Å². The van der Waals surface area contributed by atoms with Crippen molar-refractivity contribution in [3.63, 3.8) is 0 Å². The minimum Gasteiger partial charge on any atom is -0.297 e. The van der Waals surface area contributed by atoms with Gasteiger partial charge in [0.25, 0.3) is 0 Å². The third-order valence-electron chi connectivity index (χ3n) is 3.64. The Morgan fingerprint density at radius 3 is 1.65 bits per heavy atom. The Hall–Kier alpha value is -1.06. The Balaban J connectivity index is 0.000000204. The highest BCUT2D eigenvalue weighted by Gasteiger charge is 2.25. The highest BCUT2D eigenvalue weighted by atomic mass is 15.5.